The van der Waals surface area contributed by atoms with Crippen molar-refractivity contribution in [2.45, 2.75) is 13.3 Å². The molecule has 0 saturated heterocycles. The van der Waals surface area contributed by atoms with E-state index in [4.69, 9.17) is 4.42 Å². The molecule has 0 amide bonds. The van der Waals surface area contributed by atoms with Crippen molar-refractivity contribution < 1.29 is 9.21 Å². The number of aromatic nitrogens is 2. The van der Waals surface area contributed by atoms with Gasteiger partial charge in [-0.1, -0.05) is 0 Å². The lowest BCUT2D eigenvalue weighted by molar-refractivity contribution is 0.0987. The molecule has 0 atom stereocenters. The number of hydrogen-bond donors (Lipinski definition) is 0. The smallest absolute Gasteiger partial charge is 0.185 e. The molecular formula is C11H10N2O2. The van der Waals surface area contributed by atoms with Crippen LogP contribution in [0.4, 0.5) is 0 Å². The summed E-state index contributed by atoms with van der Waals surface area (Å²) in [5.74, 6) is 0.579. The molecular weight excluding hydrogens is 192 g/mol. The van der Waals surface area contributed by atoms with E-state index in [9.17, 15) is 4.79 Å². The van der Waals surface area contributed by atoms with Crippen LogP contribution < -0.4 is 0 Å². The molecule has 0 radical (unpaired) electrons. The fourth-order valence-electron chi connectivity index (χ4n) is 1.28. The summed E-state index contributed by atoms with van der Waals surface area (Å²) in [6.45, 7) is 1.76. The van der Waals surface area contributed by atoms with Crippen LogP contribution in [0, 0.1) is 6.92 Å². The number of carbonyl (C=O) groups is 1. The first kappa shape index (κ1) is 9.58. The standard InChI is InChI=1S/C11H10N2O2/c1-8-12-4-2-10(13-8)11(14)6-9-3-5-15-7-9/h2-5,7H,6H2,1H3. The number of carbonyl (C=O) groups excluding carboxylic acids is 1. The topological polar surface area (TPSA) is 56.0 Å². The third-order valence-corrected chi connectivity index (χ3v) is 2.01. The highest BCUT2D eigenvalue weighted by Crippen LogP contribution is 2.06. The van der Waals surface area contributed by atoms with E-state index in [1.54, 1.807) is 37.8 Å². The quantitative estimate of drug-likeness (QED) is 0.712. The monoisotopic (exact) mass is 202 g/mol. The molecule has 2 aromatic rings. The largest absolute Gasteiger partial charge is 0.472 e. The van der Waals surface area contributed by atoms with Gasteiger partial charge in [0.1, 0.15) is 11.5 Å². The molecule has 0 aliphatic rings. The molecule has 76 valence electrons. The minimum Gasteiger partial charge on any atom is -0.472 e. The Balaban J connectivity index is 2.15. The normalized spacial score (nSPS) is 10.2. The van der Waals surface area contributed by atoms with E-state index >= 15 is 0 Å². The van der Waals surface area contributed by atoms with E-state index in [1.807, 2.05) is 0 Å². The predicted octanol–water partition coefficient (Wildman–Crippen LogP) is 1.80. The second kappa shape index (κ2) is 4.04. The van der Waals surface area contributed by atoms with Crippen LogP contribution in [0.5, 0.6) is 0 Å². The van der Waals surface area contributed by atoms with Gasteiger partial charge in [0, 0.05) is 12.6 Å². The Morgan fingerprint density at radius 2 is 2.33 bits per heavy atom. The highest BCUT2D eigenvalue weighted by molar-refractivity contribution is 5.95. The molecule has 0 saturated carbocycles. The van der Waals surface area contributed by atoms with Gasteiger partial charge in [0.05, 0.1) is 12.5 Å². The SMILES string of the molecule is Cc1nccc(C(=O)Cc2ccoc2)n1. The first-order chi connectivity index (χ1) is 7.25. The second-order valence-electron chi connectivity index (χ2n) is 3.22. The van der Waals surface area contributed by atoms with Crippen molar-refractivity contribution in [1.82, 2.24) is 9.97 Å². The summed E-state index contributed by atoms with van der Waals surface area (Å²) in [7, 11) is 0. The van der Waals surface area contributed by atoms with Crippen molar-refractivity contribution in [2.75, 3.05) is 0 Å². The summed E-state index contributed by atoms with van der Waals surface area (Å²) in [6, 6.07) is 3.39. The van der Waals surface area contributed by atoms with Crippen molar-refractivity contribution in [2.24, 2.45) is 0 Å². The summed E-state index contributed by atoms with van der Waals surface area (Å²) in [5.41, 5.74) is 1.31. The Hall–Kier alpha value is -1.97. The van der Waals surface area contributed by atoms with Crippen LogP contribution in [-0.4, -0.2) is 15.8 Å². The van der Waals surface area contributed by atoms with Gasteiger partial charge in [0.25, 0.3) is 0 Å². The number of furan rings is 1. The number of ketones is 1. The molecule has 0 spiro atoms. The lowest BCUT2D eigenvalue weighted by atomic mass is 10.1. The molecule has 0 unspecified atom stereocenters. The molecule has 4 nitrogen and oxygen atoms in total. The van der Waals surface area contributed by atoms with Gasteiger partial charge in [0.15, 0.2) is 5.78 Å². The zero-order valence-electron chi connectivity index (χ0n) is 8.30. The number of aryl methyl sites for hydroxylation is 1. The van der Waals surface area contributed by atoms with E-state index in [-0.39, 0.29) is 5.78 Å². The fraction of sp³-hybridized carbons (Fsp3) is 0.182. The van der Waals surface area contributed by atoms with Crippen molar-refractivity contribution in [1.29, 1.82) is 0 Å². The minimum atomic E-state index is -0.0260. The van der Waals surface area contributed by atoms with Gasteiger partial charge in [-0.2, -0.15) is 0 Å². The Morgan fingerprint density at radius 1 is 1.47 bits per heavy atom. The number of Topliss-reactive ketones (excluding diaryl/α,β-unsaturated/α-hetero) is 1. The van der Waals surface area contributed by atoms with Crippen LogP contribution in [0.3, 0.4) is 0 Å². The summed E-state index contributed by atoms with van der Waals surface area (Å²) in [4.78, 5) is 19.7. The van der Waals surface area contributed by atoms with Crippen molar-refractivity contribution in [3.05, 3.63) is 47.9 Å². The summed E-state index contributed by atoms with van der Waals surface area (Å²) in [5, 5.41) is 0. The van der Waals surface area contributed by atoms with Crippen LogP contribution in [0.2, 0.25) is 0 Å². The Kier molecular flexibility index (Phi) is 2.58. The molecule has 2 rings (SSSR count). The van der Waals surface area contributed by atoms with E-state index in [1.165, 1.54) is 0 Å². The molecule has 0 aliphatic heterocycles. The van der Waals surface area contributed by atoms with Gasteiger partial charge in [-0.25, -0.2) is 9.97 Å². The highest BCUT2D eigenvalue weighted by Gasteiger charge is 2.09. The fourth-order valence-corrected chi connectivity index (χ4v) is 1.28. The van der Waals surface area contributed by atoms with Gasteiger partial charge in [-0.3, -0.25) is 4.79 Å². The first-order valence-electron chi connectivity index (χ1n) is 4.59. The molecule has 4 heteroatoms. The van der Waals surface area contributed by atoms with Gasteiger partial charge in [0.2, 0.25) is 0 Å². The number of nitrogens with zero attached hydrogens (tertiary/aromatic N) is 2. The maximum atomic E-state index is 11.7. The summed E-state index contributed by atoms with van der Waals surface area (Å²) < 4.78 is 4.89. The number of hydrogen-bond acceptors (Lipinski definition) is 4. The Morgan fingerprint density at radius 3 is 3.00 bits per heavy atom. The number of rotatable bonds is 3. The maximum Gasteiger partial charge on any atom is 0.185 e. The van der Waals surface area contributed by atoms with Crippen LogP contribution in [-0.2, 0) is 6.42 Å². The van der Waals surface area contributed by atoms with E-state index in [0.717, 1.165) is 5.56 Å². The molecule has 0 bridgehead atoms. The molecule has 0 N–H and O–H groups in total. The average molecular weight is 202 g/mol. The van der Waals surface area contributed by atoms with Crippen LogP contribution in [0.25, 0.3) is 0 Å². The van der Waals surface area contributed by atoms with Gasteiger partial charge < -0.3 is 4.42 Å². The van der Waals surface area contributed by atoms with E-state index in [0.29, 0.717) is 17.9 Å². The predicted molar refractivity (Wildman–Crippen MR) is 53.5 cm³/mol. The summed E-state index contributed by atoms with van der Waals surface area (Å²) >= 11 is 0. The van der Waals surface area contributed by atoms with Crippen molar-refractivity contribution in [3.63, 3.8) is 0 Å². The van der Waals surface area contributed by atoms with E-state index in [2.05, 4.69) is 9.97 Å². The molecule has 0 aromatic carbocycles. The van der Waals surface area contributed by atoms with Gasteiger partial charge >= 0.3 is 0 Å². The molecule has 0 fully saturated rings. The third kappa shape index (κ3) is 2.28. The van der Waals surface area contributed by atoms with Crippen LogP contribution >= 0.6 is 0 Å². The van der Waals surface area contributed by atoms with Gasteiger partial charge in [-0.15, -0.1) is 0 Å². The zero-order chi connectivity index (χ0) is 10.7. The molecule has 2 heterocycles. The van der Waals surface area contributed by atoms with Crippen molar-refractivity contribution in [3.8, 4) is 0 Å². The van der Waals surface area contributed by atoms with Crippen LogP contribution in [0.1, 0.15) is 21.9 Å². The Labute approximate surface area is 87.0 Å². The van der Waals surface area contributed by atoms with E-state index < -0.39 is 0 Å². The van der Waals surface area contributed by atoms with Crippen molar-refractivity contribution >= 4 is 5.78 Å². The summed E-state index contributed by atoms with van der Waals surface area (Å²) in [6.07, 6.45) is 5.01. The average Bonchev–Trinajstić information content (AvgIpc) is 2.70. The minimum absolute atomic E-state index is 0.0260. The third-order valence-electron chi connectivity index (χ3n) is 2.01. The molecule has 2 aromatic heterocycles. The first-order valence-corrected chi connectivity index (χ1v) is 4.59. The molecule has 0 aliphatic carbocycles. The van der Waals surface area contributed by atoms with Gasteiger partial charge in [-0.05, 0) is 24.6 Å². The maximum absolute atomic E-state index is 11.7. The second-order valence-corrected chi connectivity index (χ2v) is 3.22. The zero-order valence-corrected chi connectivity index (χ0v) is 8.30. The highest BCUT2D eigenvalue weighted by atomic mass is 16.3. The van der Waals surface area contributed by atoms with Crippen LogP contribution in [0.15, 0.2) is 35.3 Å². The molecule has 15 heavy (non-hydrogen) atoms. The lowest BCUT2D eigenvalue weighted by Crippen LogP contribution is -2.06. The lowest BCUT2D eigenvalue weighted by Gasteiger charge is -1.98. The Bertz CT molecular complexity index is 463.